The van der Waals surface area contributed by atoms with Crippen LogP contribution in [-0.2, 0) is 4.74 Å². The van der Waals surface area contributed by atoms with Crippen molar-refractivity contribution >= 4 is 0 Å². The van der Waals surface area contributed by atoms with Gasteiger partial charge in [-0.05, 0) is 31.6 Å². The van der Waals surface area contributed by atoms with Gasteiger partial charge in [0.05, 0.1) is 18.3 Å². The summed E-state index contributed by atoms with van der Waals surface area (Å²) in [4.78, 5) is 0. The summed E-state index contributed by atoms with van der Waals surface area (Å²) in [5.74, 6) is 0.791. The molecule has 1 rings (SSSR count). The molecule has 0 saturated heterocycles. The van der Waals surface area contributed by atoms with Gasteiger partial charge >= 0.3 is 0 Å². The first-order valence-electron chi connectivity index (χ1n) is 7.00. The summed E-state index contributed by atoms with van der Waals surface area (Å²) >= 11 is 0. The fourth-order valence-corrected chi connectivity index (χ4v) is 2.69. The van der Waals surface area contributed by atoms with E-state index in [-0.39, 0.29) is 12.2 Å². The highest BCUT2D eigenvalue weighted by molar-refractivity contribution is 4.75. The van der Waals surface area contributed by atoms with E-state index in [0.717, 1.165) is 25.2 Å². The SMILES string of the molecule is CCCC(O)C(CC)OC1CCCC(C)C1. The van der Waals surface area contributed by atoms with Crippen molar-refractivity contribution in [3.63, 3.8) is 0 Å². The van der Waals surface area contributed by atoms with Crippen molar-refractivity contribution < 1.29 is 9.84 Å². The van der Waals surface area contributed by atoms with Crippen molar-refractivity contribution in [2.45, 2.75) is 84.0 Å². The van der Waals surface area contributed by atoms with Gasteiger partial charge in [-0.25, -0.2) is 0 Å². The van der Waals surface area contributed by atoms with Crippen LogP contribution >= 0.6 is 0 Å². The average Bonchev–Trinajstić information content (AvgIpc) is 2.26. The summed E-state index contributed by atoms with van der Waals surface area (Å²) in [6, 6.07) is 0. The summed E-state index contributed by atoms with van der Waals surface area (Å²) in [5.41, 5.74) is 0. The number of ether oxygens (including phenoxy) is 1. The molecular weight excluding hydrogens is 200 g/mol. The van der Waals surface area contributed by atoms with Gasteiger partial charge in [0.15, 0.2) is 0 Å². The van der Waals surface area contributed by atoms with E-state index < -0.39 is 0 Å². The Hall–Kier alpha value is -0.0800. The minimum absolute atomic E-state index is 0.0512. The molecule has 1 aliphatic rings. The van der Waals surface area contributed by atoms with Gasteiger partial charge in [-0.1, -0.05) is 40.0 Å². The third kappa shape index (κ3) is 4.42. The molecule has 4 unspecified atom stereocenters. The molecule has 16 heavy (non-hydrogen) atoms. The van der Waals surface area contributed by atoms with E-state index in [1.54, 1.807) is 0 Å². The van der Waals surface area contributed by atoms with Gasteiger partial charge in [0.1, 0.15) is 0 Å². The van der Waals surface area contributed by atoms with Crippen molar-refractivity contribution in [3.8, 4) is 0 Å². The quantitative estimate of drug-likeness (QED) is 0.753. The monoisotopic (exact) mass is 228 g/mol. The Labute approximate surface area is 100 Å². The van der Waals surface area contributed by atoms with Gasteiger partial charge in [-0.3, -0.25) is 0 Å². The van der Waals surface area contributed by atoms with Crippen molar-refractivity contribution in [1.82, 2.24) is 0 Å². The van der Waals surface area contributed by atoms with E-state index in [9.17, 15) is 5.11 Å². The lowest BCUT2D eigenvalue weighted by Crippen LogP contribution is -2.34. The van der Waals surface area contributed by atoms with Crippen LogP contribution in [0.3, 0.4) is 0 Å². The van der Waals surface area contributed by atoms with Gasteiger partial charge in [0.25, 0.3) is 0 Å². The van der Waals surface area contributed by atoms with Crippen molar-refractivity contribution in [1.29, 1.82) is 0 Å². The molecule has 0 aliphatic heterocycles. The van der Waals surface area contributed by atoms with E-state index in [1.165, 1.54) is 25.7 Å². The highest BCUT2D eigenvalue weighted by Crippen LogP contribution is 2.27. The minimum atomic E-state index is -0.271. The molecule has 2 heteroatoms. The van der Waals surface area contributed by atoms with Crippen LogP contribution in [0.2, 0.25) is 0 Å². The first-order valence-corrected chi connectivity index (χ1v) is 7.00. The van der Waals surface area contributed by atoms with Gasteiger partial charge in [-0.15, -0.1) is 0 Å². The second-order valence-corrected chi connectivity index (χ2v) is 5.33. The van der Waals surface area contributed by atoms with E-state index in [0.29, 0.717) is 6.10 Å². The fourth-order valence-electron chi connectivity index (χ4n) is 2.69. The molecule has 4 atom stereocenters. The topological polar surface area (TPSA) is 29.5 Å². The van der Waals surface area contributed by atoms with E-state index >= 15 is 0 Å². The van der Waals surface area contributed by atoms with Crippen molar-refractivity contribution in [2.24, 2.45) is 5.92 Å². The standard InChI is InChI=1S/C14H28O2/c1-4-7-13(15)14(5-2)16-12-9-6-8-11(3)10-12/h11-15H,4-10H2,1-3H3. The van der Waals surface area contributed by atoms with E-state index in [2.05, 4.69) is 20.8 Å². The largest absolute Gasteiger partial charge is 0.390 e. The maximum absolute atomic E-state index is 9.98. The molecule has 1 aliphatic carbocycles. The van der Waals surface area contributed by atoms with Gasteiger partial charge < -0.3 is 9.84 Å². The number of aliphatic hydroxyl groups excluding tert-OH is 1. The maximum atomic E-state index is 9.98. The third-order valence-electron chi connectivity index (χ3n) is 3.67. The molecule has 1 saturated carbocycles. The van der Waals surface area contributed by atoms with Crippen molar-refractivity contribution in [3.05, 3.63) is 0 Å². The van der Waals surface area contributed by atoms with Gasteiger partial charge in [0.2, 0.25) is 0 Å². The summed E-state index contributed by atoms with van der Waals surface area (Å²) in [5, 5.41) is 9.98. The zero-order chi connectivity index (χ0) is 12.0. The predicted molar refractivity (Wildman–Crippen MR) is 67.5 cm³/mol. The van der Waals surface area contributed by atoms with Crippen LogP contribution in [0, 0.1) is 5.92 Å². The molecule has 0 spiro atoms. The Morgan fingerprint density at radius 2 is 2.06 bits per heavy atom. The zero-order valence-corrected chi connectivity index (χ0v) is 11.1. The Morgan fingerprint density at radius 1 is 1.31 bits per heavy atom. The molecule has 0 amide bonds. The van der Waals surface area contributed by atoms with Crippen LogP contribution in [0.4, 0.5) is 0 Å². The zero-order valence-electron chi connectivity index (χ0n) is 11.1. The maximum Gasteiger partial charge on any atom is 0.0835 e. The van der Waals surface area contributed by atoms with Crippen LogP contribution in [0.5, 0.6) is 0 Å². The highest BCUT2D eigenvalue weighted by atomic mass is 16.5. The molecule has 0 aromatic carbocycles. The van der Waals surface area contributed by atoms with Crippen LogP contribution in [-0.4, -0.2) is 23.4 Å². The number of rotatable bonds is 6. The molecule has 0 aromatic rings. The first-order chi connectivity index (χ1) is 7.67. The number of hydrogen-bond acceptors (Lipinski definition) is 2. The van der Waals surface area contributed by atoms with Gasteiger partial charge in [-0.2, -0.15) is 0 Å². The molecule has 1 N–H and O–H groups in total. The van der Waals surface area contributed by atoms with E-state index in [1.807, 2.05) is 0 Å². The molecular formula is C14H28O2. The summed E-state index contributed by atoms with van der Waals surface area (Å²) in [7, 11) is 0. The normalized spacial score (nSPS) is 30.0. The third-order valence-corrected chi connectivity index (χ3v) is 3.67. The molecule has 0 bridgehead atoms. The van der Waals surface area contributed by atoms with E-state index in [4.69, 9.17) is 4.74 Å². The summed E-state index contributed by atoms with van der Waals surface area (Å²) in [6.45, 7) is 6.52. The minimum Gasteiger partial charge on any atom is -0.390 e. The molecule has 1 fully saturated rings. The van der Waals surface area contributed by atoms with Crippen LogP contribution in [0.25, 0.3) is 0 Å². The second kappa shape index (κ2) is 7.29. The molecule has 2 nitrogen and oxygen atoms in total. The fraction of sp³-hybridized carbons (Fsp3) is 1.00. The van der Waals surface area contributed by atoms with Crippen molar-refractivity contribution in [2.75, 3.05) is 0 Å². The van der Waals surface area contributed by atoms with Crippen LogP contribution in [0.1, 0.15) is 65.7 Å². The molecule has 96 valence electrons. The lowest BCUT2D eigenvalue weighted by Gasteiger charge is -2.32. The molecule has 0 radical (unpaired) electrons. The first kappa shape index (κ1) is 14.0. The summed E-state index contributed by atoms with van der Waals surface area (Å²) < 4.78 is 6.08. The lowest BCUT2D eigenvalue weighted by molar-refractivity contribution is -0.0952. The summed E-state index contributed by atoms with van der Waals surface area (Å²) in [6.07, 6.45) is 7.97. The Bertz CT molecular complexity index is 182. The van der Waals surface area contributed by atoms with Crippen LogP contribution in [0.15, 0.2) is 0 Å². The molecule has 0 aromatic heterocycles. The Morgan fingerprint density at radius 3 is 2.62 bits per heavy atom. The number of aliphatic hydroxyl groups is 1. The smallest absolute Gasteiger partial charge is 0.0835 e. The molecule has 0 heterocycles. The van der Waals surface area contributed by atoms with Gasteiger partial charge in [0, 0.05) is 0 Å². The Balaban J connectivity index is 2.36. The predicted octanol–water partition coefficient (Wildman–Crippen LogP) is 3.52. The van der Waals surface area contributed by atoms with Crippen LogP contribution < -0.4 is 0 Å². The Kier molecular flexibility index (Phi) is 6.37. The number of hydrogen-bond donors (Lipinski definition) is 1. The lowest BCUT2D eigenvalue weighted by atomic mass is 9.88. The second-order valence-electron chi connectivity index (χ2n) is 5.33. The highest BCUT2D eigenvalue weighted by Gasteiger charge is 2.25. The average molecular weight is 228 g/mol.